The highest BCUT2D eigenvalue weighted by Crippen LogP contribution is 2.33. The Morgan fingerprint density at radius 1 is 1.13 bits per heavy atom. The van der Waals surface area contributed by atoms with E-state index in [-0.39, 0.29) is 27.1 Å². The summed E-state index contributed by atoms with van der Waals surface area (Å²) < 4.78 is 47.4. The number of fused-ring (bicyclic) bond motifs is 1. The van der Waals surface area contributed by atoms with Gasteiger partial charge in [-0.15, -0.1) is 0 Å². The highest BCUT2D eigenvalue weighted by atomic mass is 35.5. The number of aromatic nitrogens is 3. The maximum absolute atomic E-state index is 14.4. The van der Waals surface area contributed by atoms with E-state index in [2.05, 4.69) is 19.7 Å². The topological polar surface area (TPSA) is 94.1 Å². The molecule has 0 atom stereocenters. The minimum Gasteiger partial charge on any atom is -0.480 e. The van der Waals surface area contributed by atoms with Gasteiger partial charge in [-0.3, -0.25) is 4.72 Å². The van der Waals surface area contributed by atoms with Gasteiger partial charge in [-0.2, -0.15) is 4.98 Å². The summed E-state index contributed by atoms with van der Waals surface area (Å²) in [5.74, 6) is -0.375. The van der Waals surface area contributed by atoms with Crippen LogP contribution in [0.1, 0.15) is 0 Å². The predicted octanol–water partition coefficient (Wildman–Crippen LogP) is 4.29. The van der Waals surface area contributed by atoms with Crippen LogP contribution in [0.25, 0.3) is 22.0 Å². The molecule has 0 saturated heterocycles. The molecule has 152 valence electrons. The fourth-order valence-corrected chi connectivity index (χ4v) is 4.46. The normalized spacial score (nSPS) is 11.4. The Bertz CT molecular complexity index is 1370. The van der Waals surface area contributed by atoms with Crippen molar-refractivity contribution in [2.45, 2.75) is 4.90 Å². The monoisotopic (exact) mass is 444 g/mol. The van der Waals surface area contributed by atoms with Crippen molar-refractivity contribution in [1.29, 1.82) is 0 Å². The molecule has 10 heteroatoms. The Kier molecular flexibility index (Phi) is 5.23. The summed E-state index contributed by atoms with van der Waals surface area (Å²) in [7, 11) is -2.57. The number of pyridine rings is 1. The number of rotatable bonds is 5. The van der Waals surface area contributed by atoms with Gasteiger partial charge in [-0.25, -0.2) is 22.8 Å². The Labute approximate surface area is 176 Å². The quantitative estimate of drug-likeness (QED) is 0.493. The second-order valence-electron chi connectivity index (χ2n) is 6.21. The van der Waals surface area contributed by atoms with Crippen molar-refractivity contribution in [3.8, 4) is 17.0 Å². The van der Waals surface area contributed by atoms with Gasteiger partial charge in [0.05, 0.1) is 12.1 Å². The minimum absolute atomic E-state index is 0.0279. The predicted molar refractivity (Wildman–Crippen MR) is 112 cm³/mol. The van der Waals surface area contributed by atoms with Crippen LogP contribution in [0.4, 0.5) is 10.2 Å². The third-order valence-electron chi connectivity index (χ3n) is 4.29. The molecule has 30 heavy (non-hydrogen) atoms. The summed E-state index contributed by atoms with van der Waals surface area (Å²) in [5, 5.41) is 0.598. The average molecular weight is 445 g/mol. The van der Waals surface area contributed by atoms with E-state index in [1.54, 1.807) is 24.3 Å². The summed E-state index contributed by atoms with van der Waals surface area (Å²) in [6.45, 7) is 0. The van der Waals surface area contributed by atoms with Gasteiger partial charge < -0.3 is 4.74 Å². The molecule has 0 spiro atoms. The molecule has 0 bridgehead atoms. The number of anilines is 1. The first-order valence-corrected chi connectivity index (χ1v) is 10.5. The maximum Gasteiger partial charge on any atom is 0.264 e. The first-order valence-electron chi connectivity index (χ1n) is 8.61. The molecule has 0 fully saturated rings. The smallest absolute Gasteiger partial charge is 0.264 e. The lowest BCUT2D eigenvalue weighted by Crippen LogP contribution is -2.14. The first-order chi connectivity index (χ1) is 14.4. The van der Waals surface area contributed by atoms with Crippen molar-refractivity contribution in [2.24, 2.45) is 0 Å². The van der Waals surface area contributed by atoms with Crippen LogP contribution in [0.2, 0.25) is 5.02 Å². The van der Waals surface area contributed by atoms with Gasteiger partial charge in [0.2, 0.25) is 5.88 Å². The van der Waals surface area contributed by atoms with E-state index >= 15 is 0 Å². The van der Waals surface area contributed by atoms with Gasteiger partial charge in [0.15, 0.2) is 0 Å². The molecule has 0 saturated carbocycles. The number of benzene rings is 2. The molecule has 4 rings (SSSR count). The number of nitrogens with one attached hydrogen (secondary N) is 1. The molecule has 4 aromatic rings. The molecular formula is C20H14ClFN4O3S. The van der Waals surface area contributed by atoms with Crippen LogP contribution < -0.4 is 9.46 Å². The molecule has 2 aromatic heterocycles. The van der Waals surface area contributed by atoms with Crippen LogP contribution in [0, 0.1) is 5.82 Å². The molecule has 0 aliphatic heterocycles. The second-order valence-corrected chi connectivity index (χ2v) is 8.27. The molecule has 0 aliphatic carbocycles. The van der Waals surface area contributed by atoms with Crippen LogP contribution in [0.15, 0.2) is 66.0 Å². The van der Waals surface area contributed by atoms with Crippen LogP contribution >= 0.6 is 11.6 Å². The molecule has 7 nitrogen and oxygen atoms in total. The van der Waals surface area contributed by atoms with Crippen molar-refractivity contribution < 1.29 is 17.5 Å². The molecular weight excluding hydrogens is 431 g/mol. The Morgan fingerprint density at radius 2 is 1.93 bits per heavy atom. The molecule has 2 heterocycles. The van der Waals surface area contributed by atoms with Gasteiger partial charge in [0.25, 0.3) is 10.0 Å². The Balaban J connectivity index is 1.73. The average Bonchev–Trinajstić information content (AvgIpc) is 2.73. The second kappa shape index (κ2) is 7.85. The van der Waals surface area contributed by atoms with E-state index in [9.17, 15) is 12.8 Å². The zero-order valence-electron chi connectivity index (χ0n) is 15.5. The number of sulfonamides is 1. The van der Waals surface area contributed by atoms with Crippen molar-refractivity contribution in [3.63, 3.8) is 0 Å². The summed E-state index contributed by atoms with van der Waals surface area (Å²) >= 11 is 5.99. The van der Waals surface area contributed by atoms with Crippen LogP contribution in [-0.4, -0.2) is 30.5 Å². The SMILES string of the molecule is COc1nc(NS(=O)(=O)c2ccccc2Cl)ccc1-c1cc(F)c2ncncc2c1. The van der Waals surface area contributed by atoms with Crippen LogP contribution in [0.5, 0.6) is 5.88 Å². The number of hydrogen-bond acceptors (Lipinski definition) is 6. The summed E-state index contributed by atoms with van der Waals surface area (Å²) in [5.41, 5.74) is 1.16. The summed E-state index contributed by atoms with van der Waals surface area (Å²) in [6, 6.07) is 12.1. The van der Waals surface area contributed by atoms with E-state index in [1.807, 2.05) is 0 Å². The number of ether oxygens (including phenoxy) is 1. The zero-order valence-corrected chi connectivity index (χ0v) is 17.1. The Morgan fingerprint density at radius 3 is 2.70 bits per heavy atom. The molecule has 0 unspecified atom stereocenters. The largest absolute Gasteiger partial charge is 0.480 e. The van der Waals surface area contributed by atoms with Gasteiger partial charge >= 0.3 is 0 Å². The fraction of sp³-hybridized carbons (Fsp3) is 0.0500. The molecule has 2 aromatic carbocycles. The van der Waals surface area contributed by atoms with E-state index in [1.165, 1.54) is 43.9 Å². The van der Waals surface area contributed by atoms with Gasteiger partial charge in [-0.05, 0) is 42.0 Å². The van der Waals surface area contributed by atoms with Gasteiger partial charge in [0.1, 0.15) is 28.4 Å². The summed E-state index contributed by atoms with van der Waals surface area (Å²) in [4.78, 5) is 12.0. The van der Waals surface area contributed by atoms with E-state index in [0.29, 0.717) is 16.5 Å². The third-order valence-corrected chi connectivity index (χ3v) is 6.14. The highest BCUT2D eigenvalue weighted by Gasteiger charge is 2.19. The number of hydrogen-bond donors (Lipinski definition) is 1. The molecule has 0 amide bonds. The number of methoxy groups -OCH3 is 1. The molecule has 0 aliphatic rings. The lowest BCUT2D eigenvalue weighted by atomic mass is 10.0. The van der Waals surface area contributed by atoms with E-state index in [4.69, 9.17) is 16.3 Å². The van der Waals surface area contributed by atoms with E-state index in [0.717, 1.165) is 0 Å². The van der Waals surface area contributed by atoms with Crippen molar-refractivity contribution in [1.82, 2.24) is 15.0 Å². The third kappa shape index (κ3) is 3.77. The summed E-state index contributed by atoms with van der Waals surface area (Å²) in [6.07, 6.45) is 2.77. The lowest BCUT2D eigenvalue weighted by molar-refractivity contribution is 0.400. The number of halogens is 2. The lowest BCUT2D eigenvalue weighted by Gasteiger charge is -2.13. The zero-order chi connectivity index (χ0) is 21.3. The van der Waals surface area contributed by atoms with Crippen molar-refractivity contribution >= 4 is 38.3 Å². The first kappa shape index (κ1) is 20.0. The van der Waals surface area contributed by atoms with Gasteiger partial charge in [-0.1, -0.05) is 23.7 Å². The molecule has 1 N–H and O–H groups in total. The maximum atomic E-state index is 14.4. The van der Waals surface area contributed by atoms with Crippen molar-refractivity contribution in [3.05, 3.63) is 71.9 Å². The number of nitrogens with zero attached hydrogens (tertiary/aromatic N) is 3. The van der Waals surface area contributed by atoms with Crippen LogP contribution in [-0.2, 0) is 10.0 Å². The minimum atomic E-state index is -3.96. The molecule has 0 radical (unpaired) electrons. The van der Waals surface area contributed by atoms with Gasteiger partial charge in [0, 0.05) is 17.1 Å². The van der Waals surface area contributed by atoms with Crippen molar-refractivity contribution in [2.75, 3.05) is 11.8 Å². The Hall–Kier alpha value is -3.30. The fourth-order valence-electron chi connectivity index (χ4n) is 2.94. The van der Waals surface area contributed by atoms with E-state index < -0.39 is 15.8 Å². The van der Waals surface area contributed by atoms with Crippen LogP contribution in [0.3, 0.4) is 0 Å². The highest BCUT2D eigenvalue weighted by molar-refractivity contribution is 7.92. The standard InChI is InChI=1S/C20H14ClFN4O3S/c1-29-20-14(12-8-13-10-23-11-24-19(13)16(22)9-12)6-7-18(25-20)26-30(27,28)17-5-3-2-4-15(17)21/h2-11H,1H3,(H,25,26).